The van der Waals surface area contributed by atoms with E-state index in [4.69, 9.17) is 4.74 Å². The maximum Gasteiger partial charge on any atom is 0.266 e. The Morgan fingerprint density at radius 3 is 2.76 bits per heavy atom. The normalized spacial score (nSPS) is 20.0. The molecule has 2 N–H and O–H groups in total. The van der Waals surface area contributed by atoms with Crippen molar-refractivity contribution in [2.24, 2.45) is 0 Å². The molecule has 4 nitrogen and oxygen atoms in total. The summed E-state index contributed by atoms with van der Waals surface area (Å²) in [4.78, 5) is 12.4. The van der Waals surface area contributed by atoms with Crippen molar-refractivity contribution < 1.29 is 14.6 Å². The molecule has 2 aromatic rings. The van der Waals surface area contributed by atoms with Gasteiger partial charge in [0.05, 0.1) is 6.61 Å². The molecule has 1 aliphatic heterocycles. The number of hydrogen-bond donors (Lipinski definition) is 2. The first kappa shape index (κ1) is 14.3. The van der Waals surface area contributed by atoms with Crippen molar-refractivity contribution in [3.8, 4) is 5.75 Å². The number of benzene rings is 2. The highest BCUT2D eigenvalue weighted by Crippen LogP contribution is 2.44. The van der Waals surface area contributed by atoms with E-state index < -0.39 is 11.5 Å². The van der Waals surface area contributed by atoms with Gasteiger partial charge in [-0.15, -0.1) is 0 Å². The van der Waals surface area contributed by atoms with Crippen molar-refractivity contribution in [1.82, 2.24) is 0 Å². The van der Waals surface area contributed by atoms with Crippen LogP contribution in [-0.4, -0.2) is 17.6 Å². The van der Waals surface area contributed by atoms with Crippen molar-refractivity contribution in [2.45, 2.75) is 12.5 Å². The van der Waals surface area contributed by atoms with Crippen LogP contribution in [0.3, 0.4) is 0 Å². The number of para-hydroxylation sites is 1. The minimum absolute atomic E-state index is 0.452. The Bertz CT molecular complexity index is 716. The van der Waals surface area contributed by atoms with Gasteiger partial charge >= 0.3 is 0 Å². The fourth-order valence-corrected chi connectivity index (χ4v) is 3.07. The van der Waals surface area contributed by atoms with E-state index >= 15 is 0 Å². The Kier molecular flexibility index (Phi) is 3.62. The van der Waals surface area contributed by atoms with Gasteiger partial charge in [-0.3, -0.25) is 4.79 Å². The predicted molar refractivity (Wildman–Crippen MR) is 88.4 cm³/mol. The van der Waals surface area contributed by atoms with Crippen LogP contribution in [0.15, 0.2) is 42.5 Å². The average molecular weight is 395 g/mol. The Balaban J connectivity index is 2.22. The van der Waals surface area contributed by atoms with E-state index in [2.05, 4.69) is 27.9 Å². The molecule has 0 fully saturated rings. The maximum atomic E-state index is 12.4. The smallest absolute Gasteiger partial charge is 0.266 e. The summed E-state index contributed by atoms with van der Waals surface area (Å²) in [6.07, 6.45) is 0. The van der Waals surface area contributed by atoms with E-state index in [0.29, 0.717) is 29.2 Å². The van der Waals surface area contributed by atoms with Crippen LogP contribution in [0.5, 0.6) is 5.75 Å². The van der Waals surface area contributed by atoms with Gasteiger partial charge in [0.25, 0.3) is 5.91 Å². The third-order valence-corrected chi connectivity index (χ3v) is 4.20. The molecule has 0 saturated heterocycles. The van der Waals surface area contributed by atoms with Gasteiger partial charge in [-0.2, -0.15) is 0 Å². The van der Waals surface area contributed by atoms with Crippen molar-refractivity contribution in [2.75, 3.05) is 11.9 Å². The van der Waals surface area contributed by atoms with Gasteiger partial charge in [-0.25, -0.2) is 0 Å². The molecule has 3 rings (SSSR count). The summed E-state index contributed by atoms with van der Waals surface area (Å²) in [6.45, 7) is 2.33. The SMILES string of the molecule is CCOc1ccccc1C1(O)C(=O)Nc2ccc(I)cc21. The summed E-state index contributed by atoms with van der Waals surface area (Å²) in [5, 5.41) is 13.9. The van der Waals surface area contributed by atoms with Gasteiger partial charge in [0.2, 0.25) is 0 Å². The van der Waals surface area contributed by atoms with Gasteiger partial charge < -0.3 is 15.2 Å². The Morgan fingerprint density at radius 1 is 1.24 bits per heavy atom. The molecular formula is C16H14INO3. The van der Waals surface area contributed by atoms with E-state index in [1.165, 1.54) is 0 Å². The molecular weight excluding hydrogens is 381 g/mol. The number of anilines is 1. The summed E-state index contributed by atoms with van der Waals surface area (Å²) in [6, 6.07) is 12.6. The second-order valence-corrected chi connectivity index (χ2v) is 6.03. The van der Waals surface area contributed by atoms with Crippen LogP contribution in [-0.2, 0) is 10.4 Å². The van der Waals surface area contributed by atoms with Crippen LogP contribution in [0.4, 0.5) is 5.69 Å². The summed E-state index contributed by atoms with van der Waals surface area (Å²) in [7, 11) is 0. The van der Waals surface area contributed by atoms with Crippen molar-refractivity contribution >= 4 is 34.2 Å². The molecule has 1 aliphatic rings. The number of hydrogen-bond acceptors (Lipinski definition) is 3. The molecule has 0 aliphatic carbocycles. The Morgan fingerprint density at radius 2 is 2.00 bits per heavy atom. The largest absolute Gasteiger partial charge is 0.493 e. The number of carbonyl (C=O) groups excluding carboxylic acids is 1. The lowest BCUT2D eigenvalue weighted by Crippen LogP contribution is -2.35. The van der Waals surface area contributed by atoms with Crippen LogP contribution in [0, 0.1) is 3.57 Å². The fourth-order valence-electron chi connectivity index (χ4n) is 2.57. The third-order valence-electron chi connectivity index (χ3n) is 3.52. The number of fused-ring (bicyclic) bond motifs is 1. The van der Waals surface area contributed by atoms with Crippen LogP contribution < -0.4 is 10.1 Å². The van der Waals surface area contributed by atoms with Gasteiger partial charge in [0.1, 0.15) is 5.75 Å². The second-order valence-electron chi connectivity index (χ2n) is 4.78. The number of amides is 1. The van der Waals surface area contributed by atoms with Crippen LogP contribution in [0.25, 0.3) is 0 Å². The predicted octanol–water partition coefficient (Wildman–Crippen LogP) is 2.88. The standard InChI is InChI=1S/C16H14INO3/c1-2-21-14-6-4-3-5-11(14)16(20)12-9-10(17)7-8-13(12)18-15(16)19/h3-9,20H,2H2,1H3,(H,18,19). The van der Waals surface area contributed by atoms with Crippen molar-refractivity contribution in [3.05, 3.63) is 57.2 Å². The van der Waals surface area contributed by atoms with Crippen LogP contribution in [0.2, 0.25) is 0 Å². The zero-order valence-corrected chi connectivity index (χ0v) is 13.5. The number of carbonyl (C=O) groups is 1. The van der Waals surface area contributed by atoms with E-state index in [-0.39, 0.29) is 0 Å². The summed E-state index contributed by atoms with van der Waals surface area (Å²) in [5.74, 6) is 0.0658. The fraction of sp³-hybridized carbons (Fsp3) is 0.188. The molecule has 1 amide bonds. The molecule has 0 aromatic heterocycles. The zero-order valence-electron chi connectivity index (χ0n) is 11.4. The van der Waals surface area contributed by atoms with Gasteiger partial charge in [-0.05, 0) is 53.8 Å². The topological polar surface area (TPSA) is 58.6 Å². The van der Waals surface area contributed by atoms with E-state index in [0.717, 1.165) is 3.57 Å². The lowest BCUT2D eigenvalue weighted by atomic mass is 9.87. The van der Waals surface area contributed by atoms with E-state index in [9.17, 15) is 9.90 Å². The monoisotopic (exact) mass is 395 g/mol. The van der Waals surface area contributed by atoms with Gasteiger partial charge in [-0.1, -0.05) is 18.2 Å². The first-order valence-corrected chi connectivity index (χ1v) is 7.71. The first-order valence-electron chi connectivity index (χ1n) is 6.63. The lowest BCUT2D eigenvalue weighted by molar-refractivity contribution is -0.129. The average Bonchev–Trinajstić information content (AvgIpc) is 2.73. The number of nitrogens with one attached hydrogen (secondary N) is 1. The maximum absolute atomic E-state index is 12.4. The second kappa shape index (κ2) is 5.31. The summed E-state index contributed by atoms with van der Waals surface area (Å²) >= 11 is 2.16. The number of rotatable bonds is 3. The molecule has 0 saturated carbocycles. The van der Waals surface area contributed by atoms with Gasteiger partial charge in [0.15, 0.2) is 5.60 Å². The molecule has 2 aromatic carbocycles. The highest BCUT2D eigenvalue weighted by molar-refractivity contribution is 14.1. The molecule has 1 atom stereocenters. The molecule has 0 bridgehead atoms. The summed E-state index contributed by atoms with van der Waals surface area (Å²) < 4.78 is 6.52. The third kappa shape index (κ3) is 2.20. The van der Waals surface area contributed by atoms with Gasteiger partial charge in [0, 0.05) is 20.4 Å². The number of halogens is 1. The van der Waals surface area contributed by atoms with Crippen LogP contribution >= 0.6 is 22.6 Å². The van der Waals surface area contributed by atoms with E-state index in [1.807, 2.05) is 25.1 Å². The molecule has 5 heteroatoms. The molecule has 1 heterocycles. The Labute approximate surface area is 136 Å². The number of ether oxygens (including phenoxy) is 1. The first-order chi connectivity index (χ1) is 10.1. The molecule has 108 valence electrons. The van der Waals surface area contributed by atoms with Crippen LogP contribution in [0.1, 0.15) is 18.1 Å². The quantitative estimate of drug-likeness (QED) is 0.786. The number of aliphatic hydroxyl groups is 1. The zero-order chi connectivity index (χ0) is 15.0. The molecule has 1 unspecified atom stereocenters. The molecule has 0 spiro atoms. The minimum atomic E-state index is -1.72. The van der Waals surface area contributed by atoms with Crippen molar-refractivity contribution in [1.29, 1.82) is 0 Å². The molecule has 0 radical (unpaired) electrons. The Hall–Kier alpha value is -1.60. The highest BCUT2D eigenvalue weighted by Gasteiger charge is 2.48. The lowest BCUT2D eigenvalue weighted by Gasteiger charge is -2.24. The minimum Gasteiger partial charge on any atom is -0.493 e. The van der Waals surface area contributed by atoms with Crippen molar-refractivity contribution in [3.63, 3.8) is 0 Å². The summed E-state index contributed by atoms with van der Waals surface area (Å²) in [5.41, 5.74) is -0.0617. The molecule has 21 heavy (non-hydrogen) atoms. The van der Waals surface area contributed by atoms with E-state index in [1.54, 1.807) is 24.3 Å². The highest BCUT2D eigenvalue weighted by atomic mass is 127.